The third-order valence-corrected chi connectivity index (χ3v) is 1.36. The highest BCUT2D eigenvalue weighted by molar-refractivity contribution is 5.58. The summed E-state index contributed by atoms with van der Waals surface area (Å²) in [5.41, 5.74) is 3.75. The van der Waals surface area contributed by atoms with E-state index < -0.39 is 0 Å². The van der Waals surface area contributed by atoms with Crippen molar-refractivity contribution in [1.82, 2.24) is 10.8 Å². The molecule has 2 heterocycles. The molecule has 0 bridgehead atoms. The molecule has 1 atom stereocenters. The predicted octanol–water partition coefficient (Wildman–Crippen LogP) is -0.637. The smallest absolute Gasteiger partial charge is 0.121 e. The summed E-state index contributed by atoms with van der Waals surface area (Å²) < 4.78 is 0. The third kappa shape index (κ3) is 0.675. The Hall–Kier alpha value is -1.03. The van der Waals surface area contributed by atoms with Crippen LogP contribution in [0.15, 0.2) is 16.9 Å². The lowest BCUT2D eigenvalue weighted by atomic mass is 10.2. The summed E-state index contributed by atoms with van der Waals surface area (Å²) in [5, 5.41) is 2.86. The van der Waals surface area contributed by atoms with Crippen molar-refractivity contribution in [2.24, 2.45) is 4.99 Å². The van der Waals surface area contributed by atoms with Crippen LogP contribution < -0.4 is 10.8 Å². The zero-order valence-corrected chi connectivity index (χ0v) is 4.79. The van der Waals surface area contributed by atoms with Crippen molar-refractivity contribution in [3.05, 3.63) is 11.9 Å². The molecule has 4 heteroatoms. The van der Waals surface area contributed by atoms with Gasteiger partial charge in [0.1, 0.15) is 12.6 Å². The van der Waals surface area contributed by atoms with Crippen LogP contribution in [0.1, 0.15) is 0 Å². The van der Waals surface area contributed by atoms with Crippen molar-refractivity contribution >= 4 is 6.34 Å². The lowest BCUT2D eigenvalue weighted by Crippen LogP contribution is -2.20. The zero-order valence-electron chi connectivity index (χ0n) is 4.79. The van der Waals surface area contributed by atoms with Crippen molar-refractivity contribution in [2.75, 3.05) is 6.61 Å². The van der Waals surface area contributed by atoms with Crippen LogP contribution in [0.5, 0.6) is 0 Å². The average Bonchev–Trinajstić information content (AvgIpc) is 2.33. The summed E-state index contributed by atoms with van der Waals surface area (Å²) in [5.74, 6) is 0. The maximum absolute atomic E-state index is 4.92. The van der Waals surface area contributed by atoms with E-state index in [2.05, 4.69) is 15.8 Å². The Bertz CT molecular complexity index is 175. The second kappa shape index (κ2) is 1.73. The summed E-state index contributed by atoms with van der Waals surface area (Å²) in [7, 11) is 0. The molecule has 9 heavy (non-hydrogen) atoms. The molecular formula is C5H7N3O. The van der Waals surface area contributed by atoms with E-state index in [9.17, 15) is 0 Å². The van der Waals surface area contributed by atoms with Gasteiger partial charge in [-0.3, -0.25) is 15.3 Å². The van der Waals surface area contributed by atoms with E-state index in [0.29, 0.717) is 6.61 Å². The highest BCUT2D eigenvalue weighted by Gasteiger charge is 2.21. The number of nitrogens with zero attached hydrogens (tertiary/aromatic N) is 1. The molecule has 1 fully saturated rings. The number of hydroxylamine groups is 1. The van der Waals surface area contributed by atoms with E-state index in [-0.39, 0.29) is 6.04 Å². The summed E-state index contributed by atoms with van der Waals surface area (Å²) in [4.78, 5) is 9.02. The van der Waals surface area contributed by atoms with Gasteiger partial charge in [-0.05, 0) is 0 Å². The molecule has 48 valence electrons. The van der Waals surface area contributed by atoms with E-state index in [1.807, 2.05) is 6.20 Å². The Morgan fingerprint density at radius 2 is 2.78 bits per heavy atom. The summed E-state index contributed by atoms with van der Waals surface area (Å²) in [6.07, 6.45) is 3.52. The van der Waals surface area contributed by atoms with Gasteiger partial charge in [-0.15, -0.1) is 0 Å². The minimum Gasteiger partial charge on any atom is -0.351 e. The van der Waals surface area contributed by atoms with Crippen molar-refractivity contribution in [2.45, 2.75) is 6.04 Å². The predicted molar refractivity (Wildman–Crippen MR) is 32.6 cm³/mol. The summed E-state index contributed by atoms with van der Waals surface area (Å²) in [6, 6.07) is 0.200. The maximum atomic E-state index is 4.92. The largest absolute Gasteiger partial charge is 0.351 e. The fourth-order valence-corrected chi connectivity index (χ4v) is 0.871. The van der Waals surface area contributed by atoms with Crippen molar-refractivity contribution < 1.29 is 4.84 Å². The summed E-state index contributed by atoms with van der Waals surface area (Å²) in [6.45, 7) is 0.643. The molecule has 0 aromatic rings. The number of rotatable bonds is 0. The summed E-state index contributed by atoms with van der Waals surface area (Å²) >= 11 is 0. The first-order valence-corrected chi connectivity index (χ1v) is 2.82. The number of fused-ring (bicyclic) bond motifs is 1. The topological polar surface area (TPSA) is 45.6 Å². The van der Waals surface area contributed by atoms with Crippen molar-refractivity contribution in [3.63, 3.8) is 0 Å². The molecule has 1 saturated heterocycles. The van der Waals surface area contributed by atoms with Gasteiger partial charge in [0, 0.05) is 6.20 Å². The quantitative estimate of drug-likeness (QED) is 0.452. The Labute approximate surface area is 52.6 Å². The fourth-order valence-electron chi connectivity index (χ4n) is 0.871. The highest BCUT2D eigenvalue weighted by atomic mass is 16.7. The second-order valence-corrected chi connectivity index (χ2v) is 1.97. The first-order valence-electron chi connectivity index (χ1n) is 2.82. The lowest BCUT2D eigenvalue weighted by Gasteiger charge is -2.06. The van der Waals surface area contributed by atoms with E-state index in [0.717, 1.165) is 5.70 Å². The number of hydrogen-bond acceptors (Lipinski definition) is 4. The number of hydrogen-bond donors (Lipinski definition) is 2. The molecule has 2 aliphatic rings. The zero-order chi connectivity index (χ0) is 6.10. The van der Waals surface area contributed by atoms with Gasteiger partial charge in [-0.2, -0.15) is 0 Å². The van der Waals surface area contributed by atoms with Gasteiger partial charge in [0.2, 0.25) is 0 Å². The third-order valence-electron chi connectivity index (χ3n) is 1.36. The first kappa shape index (κ1) is 4.81. The molecule has 0 amide bonds. The molecule has 0 radical (unpaired) electrons. The minimum atomic E-state index is 0.200. The Kier molecular flexibility index (Phi) is 0.927. The van der Waals surface area contributed by atoms with Crippen LogP contribution in [0, 0.1) is 0 Å². The molecule has 2 aliphatic heterocycles. The average molecular weight is 125 g/mol. The van der Waals surface area contributed by atoms with Gasteiger partial charge in [-0.25, -0.2) is 0 Å². The van der Waals surface area contributed by atoms with Crippen molar-refractivity contribution in [3.8, 4) is 0 Å². The molecule has 0 saturated carbocycles. The first-order chi connectivity index (χ1) is 4.47. The van der Waals surface area contributed by atoms with Gasteiger partial charge in [0.05, 0.1) is 12.0 Å². The Morgan fingerprint density at radius 1 is 1.78 bits per heavy atom. The lowest BCUT2D eigenvalue weighted by molar-refractivity contribution is 0.109. The van der Waals surface area contributed by atoms with Crippen molar-refractivity contribution in [1.29, 1.82) is 0 Å². The molecule has 0 aromatic heterocycles. The SMILES string of the molecule is C1=NC2CONC2=CN1. The number of nitrogens with one attached hydrogen (secondary N) is 2. The number of aliphatic imine (C=N–C) groups is 1. The molecule has 1 unspecified atom stereocenters. The fraction of sp³-hybridized carbons (Fsp3) is 0.400. The van der Waals surface area contributed by atoms with Gasteiger partial charge < -0.3 is 5.32 Å². The van der Waals surface area contributed by atoms with Crippen LogP contribution in [0.2, 0.25) is 0 Å². The monoisotopic (exact) mass is 125 g/mol. The van der Waals surface area contributed by atoms with Crippen LogP contribution in [0.3, 0.4) is 0 Å². The van der Waals surface area contributed by atoms with E-state index in [4.69, 9.17) is 4.84 Å². The van der Waals surface area contributed by atoms with Crippen LogP contribution >= 0.6 is 0 Å². The highest BCUT2D eigenvalue weighted by Crippen LogP contribution is 2.10. The van der Waals surface area contributed by atoms with Crippen LogP contribution in [-0.4, -0.2) is 19.0 Å². The normalized spacial score (nSPS) is 30.2. The van der Waals surface area contributed by atoms with Gasteiger partial charge in [0.25, 0.3) is 0 Å². The van der Waals surface area contributed by atoms with E-state index >= 15 is 0 Å². The Balaban J connectivity index is 2.22. The van der Waals surface area contributed by atoms with Crippen LogP contribution in [0.25, 0.3) is 0 Å². The standard InChI is InChI=1S/C5H7N3O/c1-4-5(2-9-8-4)7-3-6-1/h1,3,5,8H,2H2,(H,6,7). The minimum absolute atomic E-state index is 0.200. The van der Waals surface area contributed by atoms with Gasteiger partial charge >= 0.3 is 0 Å². The molecule has 2 rings (SSSR count). The molecule has 0 spiro atoms. The molecule has 0 aliphatic carbocycles. The molecule has 2 N–H and O–H groups in total. The van der Waals surface area contributed by atoms with E-state index in [1.54, 1.807) is 6.34 Å². The maximum Gasteiger partial charge on any atom is 0.121 e. The second-order valence-electron chi connectivity index (χ2n) is 1.97. The van der Waals surface area contributed by atoms with E-state index in [1.165, 1.54) is 0 Å². The molecule has 4 nitrogen and oxygen atoms in total. The molecular weight excluding hydrogens is 118 g/mol. The molecule has 0 aromatic carbocycles. The van der Waals surface area contributed by atoms with Crippen LogP contribution in [0.4, 0.5) is 0 Å². The van der Waals surface area contributed by atoms with Gasteiger partial charge in [0.15, 0.2) is 0 Å². The van der Waals surface area contributed by atoms with Crippen LogP contribution in [-0.2, 0) is 4.84 Å². The Morgan fingerprint density at radius 3 is 3.67 bits per heavy atom. The van der Waals surface area contributed by atoms with Gasteiger partial charge in [-0.1, -0.05) is 0 Å².